The van der Waals surface area contributed by atoms with Crippen molar-refractivity contribution in [2.24, 2.45) is 17.8 Å². The van der Waals surface area contributed by atoms with Crippen LogP contribution in [0.15, 0.2) is 109 Å². The van der Waals surface area contributed by atoms with Gasteiger partial charge >= 0.3 is 0 Å². The SMILES string of the molecule is C1=CC2CCC(c3cc(C4C=C5CCC=CC5CC4)nc(-c4ccc(-c5nc6c(nc7ccccn76)c6c5CCC=C6)cc4)n3)CC2C=C1. The number of benzene rings is 1. The molecule has 5 aliphatic carbocycles. The van der Waals surface area contributed by atoms with Gasteiger partial charge in [-0.05, 0) is 99.3 Å². The second kappa shape index (κ2) is 11.9. The average molecular weight is 640 g/mol. The predicted octanol–water partition coefficient (Wildman–Crippen LogP) is 10.4. The van der Waals surface area contributed by atoms with Crippen LogP contribution in [-0.2, 0) is 6.42 Å². The van der Waals surface area contributed by atoms with Crippen LogP contribution in [0, 0.1) is 17.8 Å². The topological polar surface area (TPSA) is 56.0 Å². The lowest BCUT2D eigenvalue weighted by molar-refractivity contribution is 0.298. The highest BCUT2D eigenvalue weighted by Crippen LogP contribution is 2.44. The Labute approximate surface area is 288 Å². The van der Waals surface area contributed by atoms with Gasteiger partial charge in [-0.2, -0.15) is 0 Å². The molecule has 4 heterocycles. The normalized spacial score (nSPS) is 25.6. The molecule has 5 heteroatoms. The molecule has 49 heavy (non-hydrogen) atoms. The number of rotatable bonds is 4. The maximum Gasteiger partial charge on any atom is 0.165 e. The number of pyridine rings is 2. The van der Waals surface area contributed by atoms with Crippen LogP contribution in [0.25, 0.3) is 45.5 Å². The zero-order valence-electron chi connectivity index (χ0n) is 27.9. The molecule has 4 aromatic heterocycles. The third-order valence-electron chi connectivity index (χ3n) is 11.8. The Morgan fingerprint density at radius 3 is 2.47 bits per heavy atom. The molecule has 5 nitrogen and oxygen atoms in total. The molecule has 5 atom stereocenters. The molecule has 0 aliphatic heterocycles. The third kappa shape index (κ3) is 5.13. The van der Waals surface area contributed by atoms with E-state index in [1.54, 1.807) is 5.57 Å². The highest BCUT2D eigenvalue weighted by atomic mass is 15.1. The highest BCUT2D eigenvalue weighted by Gasteiger charge is 2.32. The number of hydrogen-bond donors (Lipinski definition) is 0. The van der Waals surface area contributed by atoms with Crippen LogP contribution in [0.4, 0.5) is 0 Å². The molecular weight excluding hydrogens is 599 g/mol. The number of imidazole rings is 1. The lowest BCUT2D eigenvalue weighted by Gasteiger charge is -2.34. The van der Waals surface area contributed by atoms with Gasteiger partial charge in [-0.3, -0.25) is 4.40 Å². The van der Waals surface area contributed by atoms with E-state index in [4.69, 9.17) is 19.9 Å². The molecule has 0 radical (unpaired) electrons. The minimum Gasteiger partial charge on any atom is -0.284 e. The summed E-state index contributed by atoms with van der Waals surface area (Å²) in [6, 6.07) is 17.4. The number of nitrogens with zero attached hydrogens (tertiary/aromatic N) is 5. The molecule has 10 rings (SSSR count). The standard InChI is InChI=1S/C44H41N5/c1-3-11-32-25-34(22-16-28(32)9-1)38-27-39(35-23-17-29-10-2-4-12-33(29)26-35)46-43(45-38)31-20-18-30(19-21-31)41-36-13-5-6-14-37(36)42-44(48-41)49-24-8-7-15-40(49)47-42/h1-3,6-11,14-15,18-21,24,26-29,32,34-35H,4-5,12-13,16-17,22-23,25H2. The summed E-state index contributed by atoms with van der Waals surface area (Å²) in [4.78, 5) is 21.0. The molecule has 0 bridgehead atoms. The van der Waals surface area contributed by atoms with E-state index >= 15 is 0 Å². The summed E-state index contributed by atoms with van der Waals surface area (Å²) in [5.74, 6) is 3.57. The van der Waals surface area contributed by atoms with E-state index < -0.39 is 0 Å². The fourth-order valence-electron chi connectivity index (χ4n) is 9.22. The van der Waals surface area contributed by atoms with Gasteiger partial charge in [-0.15, -0.1) is 0 Å². The van der Waals surface area contributed by atoms with Crippen molar-refractivity contribution in [3.8, 4) is 22.6 Å². The van der Waals surface area contributed by atoms with Gasteiger partial charge in [0, 0.05) is 40.4 Å². The predicted molar refractivity (Wildman–Crippen MR) is 198 cm³/mol. The van der Waals surface area contributed by atoms with E-state index in [-0.39, 0.29) is 0 Å². The molecule has 1 fully saturated rings. The van der Waals surface area contributed by atoms with Gasteiger partial charge < -0.3 is 0 Å². The van der Waals surface area contributed by atoms with Gasteiger partial charge in [-0.1, -0.05) is 90.6 Å². The van der Waals surface area contributed by atoms with Crippen molar-refractivity contribution < 1.29 is 0 Å². The van der Waals surface area contributed by atoms with Gasteiger partial charge in [-0.25, -0.2) is 19.9 Å². The van der Waals surface area contributed by atoms with Crippen LogP contribution in [0.1, 0.15) is 85.7 Å². The summed E-state index contributed by atoms with van der Waals surface area (Å²) in [5.41, 5.74) is 12.6. The zero-order chi connectivity index (χ0) is 32.3. The van der Waals surface area contributed by atoms with E-state index in [0.29, 0.717) is 29.6 Å². The van der Waals surface area contributed by atoms with Crippen molar-refractivity contribution in [3.05, 3.63) is 131 Å². The Morgan fingerprint density at radius 1 is 0.694 bits per heavy atom. The monoisotopic (exact) mass is 639 g/mol. The fourth-order valence-corrected chi connectivity index (χ4v) is 9.22. The molecule has 0 N–H and O–H groups in total. The van der Waals surface area contributed by atoms with Crippen molar-refractivity contribution in [1.82, 2.24) is 24.3 Å². The van der Waals surface area contributed by atoms with Gasteiger partial charge in [0.15, 0.2) is 11.5 Å². The first-order valence-electron chi connectivity index (χ1n) is 18.4. The second-order valence-electron chi connectivity index (χ2n) is 14.7. The lowest BCUT2D eigenvalue weighted by Crippen LogP contribution is -2.23. The molecule has 5 aromatic rings. The number of aromatic nitrogens is 5. The number of allylic oxidation sites excluding steroid dienone is 9. The van der Waals surface area contributed by atoms with Crippen LogP contribution in [-0.4, -0.2) is 24.3 Å². The minimum atomic E-state index is 0.354. The van der Waals surface area contributed by atoms with Crippen molar-refractivity contribution in [3.63, 3.8) is 0 Å². The zero-order valence-corrected chi connectivity index (χ0v) is 27.9. The van der Waals surface area contributed by atoms with Crippen molar-refractivity contribution in [2.75, 3.05) is 0 Å². The molecule has 1 aromatic carbocycles. The van der Waals surface area contributed by atoms with Crippen molar-refractivity contribution in [1.29, 1.82) is 0 Å². The first kappa shape index (κ1) is 29.1. The highest BCUT2D eigenvalue weighted by molar-refractivity contribution is 5.91. The fraction of sp³-hybridized carbons (Fsp3) is 0.318. The summed E-state index contributed by atoms with van der Waals surface area (Å²) in [6.45, 7) is 0. The maximum atomic E-state index is 5.36. The average Bonchev–Trinajstić information content (AvgIpc) is 3.56. The van der Waals surface area contributed by atoms with E-state index in [9.17, 15) is 0 Å². The largest absolute Gasteiger partial charge is 0.284 e. The first-order chi connectivity index (χ1) is 24.2. The van der Waals surface area contributed by atoms with Gasteiger partial charge in [0.05, 0.1) is 11.4 Å². The molecular formula is C44H41N5. The van der Waals surface area contributed by atoms with Gasteiger partial charge in [0.25, 0.3) is 0 Å². The lowest BCUT2D eigenvalue weighted by atomic mass is 9.71. The molecule has 242 valence electrons. The van der Waals surface area contributed by atoms with Gasteiger partial charge in [0.1, 0.15) is 11.2 Å². The van der Waals surface area contributed by atoms with E-state index in [0.717, 1.165) is 71.6 Å². The van der Waals surface area contributed by atoms with Gasteiger partial charge in [0.2, 0.25) is 0 Å². The summed E-state index contributed by atoms with van der Waals surface area (Å²) in [5, 5.41) is 0. The number of fused-ring (bicyclic) bond motifs is 7. The number of hydrogen-bond acceptors (Lipinski definition) is 4. The van der Waals surface area contributed by atoms with Crippen LogP contribution in [0.5, 0.6) is 0 Å². The maximum absolute atomic E-state index is 5.36. The molecule has 5 aliphatic rings. The van der Waals surface area contributed by atoms with Crippen LogP contribution >= 0.6 is 0 Å². The van der Waals surface area contributed by atoms with Crippen molar-refractivity contribution in [2.45, 2.75) is 69.6 Å². The summed E-state index contributed by atoms with van der Waals surface area (Å²) >= 11 is 0. The summed E-state index contributed by atoms with van der Waals surface area (Å²) in [7, 11) is 0. The van der Waals surface area contributed by atoms with E-state index in [2.05, 4.69) is 102 Å². The Hall–Kier alpha value is -4.90. The van der Waals surface area contributed by atoms with Crippen molar-refractivity contribution >= 4 is 22.9 Å². The Morgan fingerprint density at radius 2 is 1.53 bits per heavy atom. The Bertz CT molecular complexity index is 2250. The summed E-state index contributed by atoms with van der Waals surface area (Å²) < 4.78 is 2.11. The molecule has 0 spiro atoms. The molecule has 0 amide bonds. The third-order valence-corrected chi connectivity index (χ3v) is 11.8. The second-order valence-corrected chi connectivity index (χ2v) is 14.7. The van der Waals surface area contributed by atoms with Crippen LogP contribution in [0.3, 0.4) is 0 Å². The van der Waals surface area contributed by atoms with E-state index in [1.807, 2.05) is 12.1 Å². The van der Waals surface area contributed by atoms with Crippen LogP contribution < -0.4 is 0 Å². The summed E-state index contributed by atoms with van der Waals surface area (Å²) in [6.07, 6.45) is 33.5. The molecule has 1 saturated carbocycles. The smallest absolute Gasteiger partial charge is 0.165 e. The quantitative estimate of drug-likeness (QED) is 0.184. The van der Waals surface area contributed by atoms with E-state index in [1.165, 1.54) is 48.2 Å². The van der Waals surface area contributed by atoms with Crippen LogP contribution in [0.2, 0.25) is 0 Å². The first-order valence-corrected chi connectivity index (χ1v) is 18.4. The minimum absolute atomic E-state index is 0.354. The molecule has 0 saturated heterocycles. The Kier molecular flexibility index (Phi) is 7.06. The molecule has 5 unspecified atom stereocenters. The Balaban J connectivity index is 1.04.